The van der Waals surface area contributed by atoms with Gasteiger partial charge in [-0.15, -0.1) is 11.8 Å². The molecular formula is C14H17NO4S. The molecule has 6 heteroatoms. The number of benzene rings is 1. The Morgan fingerprint density at radius 3 is 2.75 bits per heavy atom. The first-order valence-corrected chi connectivity index (χ1v) is 7.60. The van der Waals surface area contributed by atoms with Crippen LogP contribution in [-0.4, -0.2) is 23.8 Å². The topological polar surface area (TPSA) is 69.4 Å². The van der Waals surface area contributed by atoms with E-state index < -0.39 is 10.9 Å². The molecule has 1 aliphatic carbocycles. The summed E-state index contributed by atoms with van der Waals surface area (Å²) < 4.78 is 4.65. The minimum Gasteiger partial charge on any atom is -0.465 e. The van der Waals surface area contributed by atoms with E-state index in [0.717, 1.165) is 5.75 Å². The predicted molar refractivity (Wildman–Crippen MR) is 77.1 cm³/mol. The van der Waals surface area contributed by atoms with Gasteiger partial charge >= 0.3 is 5.97 Å². The molecule has 0 amide bonds. The monoisotopic (exact) mass is 295 g/mol. The first kappa shape index (κ1) is 14.8. The zero-order valence-corrected chi connectivity index (χ0v) is 12.1. The van der Waals surface area contributed by atoms with E-state index in [9.17, 15) is 14.9 Å². The molecule has 0 unspecified atom stereocenters. The molecule has 0 bridgehead atoms. The molecule has 0 saturated heterocycles. The summed E-state index contributed by atoms with van der Waals surface area (Å²) in [6, 6.07) is 4.37. The lowest BCUT2D eigenvalue weighted by Crippen LogP contribution is -2.03. The molecule has 1 saturated carbocycles. The average molecular weight is 295 g/mol. The third-order valence-electron chi connectivity index (χ3n) is 3.53. The summed E-state index contributed by atoms with van der Waals surface area (Å²) in [5, 5.41) is 11.0. The van der Waals surface area contributed by atoms with Crippen LogP contribution in [0, 0.1) is 16.0 Å². The zero-order chi connectivity index (χ0) is 14.5. The molecule has 0 aromatic heterocycles. The summed E-state index contributed by atoms with van der Waals surface area (Å²) in [5.41, 5.74) is 0.410. The summed E-state index contributed by atoms with van der Waals surface area (Å²) in [7, 11) is 1.30. The summed E-state index contributed by atoms with van der Waals surface area (Å²) in [6.45, 7) is 0. The van der Waals surface area contributed by atoms with Gasteiger partial charge in [-0.25, -0.2) is 4.79 Å². The van der Waals surface area contributed by atoms with Gasteiger partial charge in [0, 0.05) is 11.8 Å². The number of hydrogen-bond acceptors (Lipinski definition) is 5. The molecule has 0 N–H and O–H groups in total. The maximum Gasteiger partial charge on any atom is 0.337 e. The van der Waals surface area contributed by atoms with Crippen LogP contribution in [-0.2, 0) is 4.74 Å². The van der Waals surface area contributed by atoms with Crippen molar-refractivity contribution in [2.24, 2.45) is 5.92 Å². The highest BCUT2D eigenvalue weighted by molar-refractivity contribution is 7.99. The molecule has 1 aromatic carbocycles. The van der Waals surface area contributed by atoms with E-state index in [0.29, 0.717) is 16.4 Å². The number of carbonyl (C=O) groups excluding carboxylic acids is 1. The Balaban J connectivity index is 2.17. The number of rotatable bonds is 5. The maximum atomic E-state index is 11.5. The SMILES string of the molecule is COC(=O)c1ccc([N+](=O)[O-])c(SCC2CCCC2)c1. The van der Waals surface area contributed by atoms with Crippen LogP contribution in [0.4, 0.5) is 5.69 Å². The van der Waals surface area contributed by atoms with Crippen molar-refractivity contribution in [1.29, 1.82) is 0 Å². The van der Waals surface area contributed by atoms with Gasteiger partial charge in [0.15, 0.2) is 0 Å². The van der Waals surface area contributed by atoms with Crippen molar-refractivity contribution < 1.29 is 14.5 Å². The third-order valence-corrected chi connectivity index (χ3v) is 4.80. The molecule has 0 heterocycles. The van der Waals surface area contributed by atoms with Gasteiger partial charge in [0.25, 0.3) is 5.69 Å². The minimum absolute atomic E-state index is 0.0562. The van der Waals surface area contributed by atoms with Crippen molar-refractivity contribution in [2.45, 2.75) is 30.6 Å². The number of ether oxygens (including phenoxy) is 1. The van der Waals surface area contributed by atoms with Gasteiger partial charge in [0.2, 0.25) is 0 Å². The van der Waals surface area contributed by atoms with Crippen LogP contribution in [0.3, 0.4) is 0 Å². The van der Waals surface area contributed by atoms with Crippen LogP contribution in [0.1, 0.15) is 36.0 Å². The third kappa shape index (κ3) is 3.50. The lowest BCUT2D eigenvalue weighted by molar-refractivity contribution is -0.387. The van der Waals surface area contributed by atoms with E-state index in [2.05, 4.69) is 4.74 Å². The van der Waals surface area contributed by atoms with Gasteiger partial charge in [-0.1, -0.05) is 12.8 Å². The highest BCUT2D eigenvalue weighted by atomic mass is 32.2. The smallest absolute Gasteiger partial charge is 0.337 e. The second kappa shape index (κ2) is 6.74. The molecule has 0 spiro atoms. The minimum atomic E-state index is -0.470. The van der Waals surface area contributed by atoms with Crippen molar-refractivity contribution in [3.8, 4) is 0 Å². The molecule has 1 fully saturated rings. The number of esters is 1. The fourth-order valence-electron chi connectivity index (χ4n) is 2.41. The van der Waals surface area contributed by atoms with Crippen LogP contribution in [0.5, 0.6) is 0 Å². The van der Waals surface area contributed by atoms with E-state index >= 15 is 0 Å². The molecule has 108 valence electrons. The fourth-order valence-corrected chi connectivity index (χ4v) is 3.66. The molecule has 1 aromatic rings. The van der Waals surface area contributed by atoms with Crippen LogP contribution in [0.15, 0.2) is 23.1 Å². The normalized spacial score (nSPS) is 15.2. The van der Waals surface area contributed by atoms with Crippen LogP contribution in [0.2, 0.25) is 0 Å². The van der Waals surface area contributed by atoms with Crippen molar-refractivity contribution in [1.82, 2.24) is 0 Å². The number of nitro benzene ring substituents is 1. The molecule has 2 rings (SSSR count). The second-order valence-corrected chi connectivity index (χ2v) is 5.95. The van der Waals surface area contributed by atoms with Crippen LogP contribution < -0.4 is 0 Å². The maximum absolute atomic E-state index is 11.5. The molecule has 20 heavy (non-hydrogen) atoms. The molecule has 0 atom stereocenters. The Morgan fingerprint density at radius 2 is 2.15 bits per heavy atom. The van der Waals surface area contributed by atoms with Crippen molar-refractivity contribution >= 4 is 23.4 Å². The summed E-state index contributed by atoms with van der Waals surface area (Å²) in [5.74, 6) is 1.02. The number of nitrogens with zero attached hydrogens (tertiary/aromatic N) is 1. The Labute approximate surface area is 121 Å². The van der Waals surface area contributed by atoms with Crippen LogP contribution in [0.25, 0.3) is 0 Å². The summed E-state index contributed by atoms with van der Waals surface area (Å²) in [4.78, 5) is 22.7. The fraction of sp³-hybridized carbons (Fsp3) is 0.500. The lowest BCUT2D eigenvalue weighted by atomic mass is 10.1. The van der Waals surface area contributed by atoms with Crippen molar-refractivity contribution in [3.05, 3.63) is 33.9 Å². The first-order valence-electron chi connectivity index (χ1n) is 6.61. The second-order valence-electron chi connectivity index (χ2n) is 4.89. The van der Waals surface area contributed by atoms with E-state index in [-0.39, 0.29) is 5.69 Å². The number of carbonyl (C=O) groups is 1. The highest BCUT2D eigenvalue weighted by Gasteiger charge is 2.20. The van der Waals surface area contributed by atoms with E-state index in [1.807, 2.05) is 0 Å². The highest BCUT2D eigenvalue weighted by Crippen LogP contribution is 2.35. The summed E-state index contributed by atoms with van der Waals surface area (Å²) in [6.07, 6.45) is 4.88. The Hall–Kier alpha value is -1.56. The van der Waals surface area contributed by atoms with Gasteiger partial charge in [-0.3, -0.25) is 10.1 Å². The van der Waals surface area contributed by atoms with Gasteiger partial charge in [0.1, 0.15) is 0 Å². The van der Waals surface area contributed by atoms with Crippen molar-refractivity contribution in [2.75, 3.05) is 12.9 Å². The van der Waals surface area contributed by atoms with Gasteiger partial charge in [-0.2, -0.15) is 0 Å². The van der Waals surface area contributed by atoms with Crippen LogP contribution >= 0.6 is 11.8 Å². The van der Waals surface area contributed by atoms with E-state index in [1.54, 1.807) is 6.07 Å². The number of nitro groups is 1. The van der Waals surface area contributed by atoms with Gasteiger partial charge in [0.05, 0.1) is 22.5 Å². The predicted octanol–water partition coefficient (Wildman–Crippen LogP) is 3.66. The van der Waals surface area contributed by atoms with Crippen molar-refractivity contribution in [3.63, 3.8) is 0 Å². The van der Waals surface area contributed by atoms with Gasteiger partial charge < -0.3 is 4.74 Å². The molecular weight excluding hydrogens is 278 g/mol. The van der Waals surface area contributed by atoms with Gasteiger partial charge in [-0.05, 0) is 30.9 Å². The molecule has 1 aliphatic rings. The Bertz CT molecular complexity index is 512. The number of methoxy groups -OCH3 is 1. The Kier molecular flexibility index (Phi) is 5.00. The van der Waals surface area contributed by atoms with E-state index in [1.165, 1.54) is 56.7 Å². The summed E-state index contributed by atoms with van der Waals surface area (Å²) >= 11 is 1.47. The number of hydrogen-bond donors (Lipinski definition) is 0. The average Bonchev–Trinajstić information content (AvgIpc) is 2.97. The van der Waals surface area contributed by atoms with E-state index in [4.69, 9.17) is 0 Å². The molecule has 0 aliphatic heterocycles. The largest absolute Gasteiger partial charge is 0.465 e. The molecule has 5 nitrogen and oxygen atoms in total. The first-order chi connectivity index (χ1) is 9.61. The quantitative estimate of drug-likeness (QED) is 0.359. The number of thioether (sulfide) groups is 1. The zero-order valence-electron chi connectivity index (χ0n) is 11.3. The lowest BCUT2D eigenvalue weighted by Gasteiger charge is -2.09. The standard InChI is InChI=1S/C14H17NO4S/c1-19-14(16)11-6-7-12(15(17)18)13(8-11)20-9-10-4-2-3-5-10/h6-8,10H,2-5,9H2,1H3. The molecule has 0 radical (unpaired) electrons. The Morgan fingerprint density at radius 1 is 1.45 bits per heavy atom.